The second kappa shape index (κ2) is 6.37. The predicted molar refractivity (Wildman–Crippen MR) is 74.0 cm³/mol. The normalized spacial score (nSPS) is 19.2. The lowest BCUT2D eigenvalue weighted by Crippen LogP contribution is -2.59. The highest BCUT2D eigenvalue weighted by Gasteiger charge is 2.37. The molecular formula is C14H26N2O3. The van der Waals surface area contributed by atoms with Crippen LogP contribution in [0.3, 0.4) is 0 Å². The molecule has 1 rings (SSSR count). The minimum atomic E-state index is -1.01. The van der Waals surface area contributed by atoms with Crippen molar-refractivity contribution < 1.29 is 14.7 Å². The van der Waals surface area contributed by atoms with Crippen LogP contribution in [0, 0.1) is 0 Å². The van der Waals surface area contributed by atoms with Crippen LogP contribution in [0.1, 0.15) is 52.9 Å². The van der Waals surface area contributed by atoms with Crippen LogP contribution in [0.15, 0.2) is 0 Å². The minimum Gasteiger partial charge on any atom is -0.480 e. The topological polar surface area (TPSA) is 69.6 Å². The lowest BCUT2D eigenvalue weighted by Gasteiger charge is -2.41. The highest BCUT2D eigenvalue weighted by molar-refractivity contribution is 5.89. The molecule has 0 spiro atoms. The van der Waals surface area contributed by atoms with Gasteiger partial charge in [0.25, 0.3) is 0 Å². The Hall–Kier alpha value is -1.10. The van der Waals surface area contributed by atoms with Gasteiger partial charge in [-0.05, 0) is 40.7 Å². The second-order valence-electron chi connectivity index (χ2n) is 6.00. The van der Waals surface area contributed by atoms with Crippen LogP contribution in [0.25, 0.3) is 0 Å². The molecule has 0 radical (unpaired) electrons. The molecule has 110 valence electrons. The van der Waals surface area contributed by atoms with Crippen molar-refractivity contribution in [1.82, 2.24) is 10.2 Å². The fourth-order valence-corrected chi connectivity index (χ4v) is 2.52. The Morgan fingerprint density at radius 3 is 2.26 bits per heavy atom. The van der Waals surface area contributed by atoms with Gasteiger partial charge in [-0.1, -0.05) is 19.3 Å². The highest BCUT2D eigenvalue weighted by Crippen LogP contribution is 2.27. The van der Waals surface area contributed by atoms with E-state index in [1.54, 1.807) is 0 Å². The molecule has 19 heavy (non-hydrogen) atoms. The molecule has 0 bridgehead atoms. The standard InChI is InChI=1S/C14H26N2O3/c1-10(12(17)18)15-13(19)14(2,3)16(4)11-8-6-5-7-9-11/h10-11H,5-9H2,1-4H3,(H,15,19)(H,17,18). The SMILES string of the molecule is CC(NC(=O)C(C)(C)N(C)C1CCCCC1)C(=O)O. The predicted octanol–water partition coefficient (Wildman–Crippen LogP) is 1.62. The summed E-state index contributed by atoms with van der Waals surface area (Å²) in [6.45, 7) is 5.19. The molecular weight excluding hydrogens is 244 g/mol. The summed E-state index contributed by atoms with van der Waals surface area (Å²) in [5.41, 5.74) is -0.689. The van der Waals surface area contributed by atoms with E-state index in [1.165, 1.54) is 26.2 Å². The number of amides is 1. The van der Waals surface area contributed by atoms with Crippen molar-refractivity contribution in [2.75, 3.05) is 7.05 Å². The van der Waals surface area contributed by atoms with Gasteiger partial charge in [0.1, 0.15) is 6.04 Å². The van der Waals surface area contributed by atoms with Gasteiger partial charge in [-0.15, -0.1) is 0 Å². The number of carbonyl (C=O) groups excluding carboxylic acids is 1. The second-order valence-corrected chi connectivity index (χ2v) is 6.00. The summed E-state index contributed by atoms with van der Waals surface area (Å²) in [7, 11) is 1.96. The molecule has 0 aliphatic heterocycles. The summed E-state index contributed by atoms with van der Waals surface area (Å²) in [5, 5.41) is 11.4. The summed E-state index contributed by atoms with van der Waals surface area (Å²) < 4.78 is 0. The number of carboxylic acid groups (broad SMARTS) is 1. The third kappa shape index (κ3) is 3.93. The van der Waals surface area contributed by atoms with Gasteiger partial charge < -0.3 is 10.4 Å². The van der Waals surface area contributed by atoms with Gasteiger partial charge in [-0.25, -0.2) is 0 Å². The lowest BCUT2D eigenvalue weighted by atomic mass is 9.90. The molecule has 1 amide bonds. The first kappa shape index (κ1) is 16.0. The number of nitrogens with one attached hydrogen (secondary N) is 1. The molecule has 1 fully saturated rings. The van der Waals surface area contributed by atoms with E-state index in [0.29, 0.717) is 6.04 Å². The Morgan fingerprint density at radius 1 is 1.26 bits per heavy atom. The van der Waals surface area contributed by atoms with Crippen LogP contribution in [-0.2, 0) is 9.59 Å². The molecule has 5 heteroatoms. The van der Waals surface area contributed by atoms with E-state index in [0.717, 1.165) is 12.8 Å². The van der Waals surface area contributed by atoms with Crippen LogP contribution in [0.5, 0.6) is 0 Å². The van der Waals surface area contributed by atoms with E-state index in [-0.39, 0.29) is 5.91 Å². The van der Waals surface area contributed by atoms with Crippen LogP contribution >= 0.6 is 0 Å². The molecule has 0 aromatic heterocycles. The molecule has 1 atom stereocenters. The lowest BCUT2D eigenvalue weighted by molar-refractivity contribution is -0.143. The molecule has 0 aromatic carbocycles. The quantitative estimate of drug-likeness (QED) is 0.796. The van der Waals surface area contributed by atoms with Gasteiger partial charge in [-0.3, -0.25) is 14.5 Å². The summed E-state index contributed by atoms with van der Waals surface area (Å²) in [5.74, 6) is -1.24. The summed E-state index contributed by atoms with van der Waals surface area (Å²) in [6.07, 6.45) is 5.91. The van der Waals surface area contributed by atoms with Crippen molar-refractivity contribution in [1.29, 1.82) is 0 Å². The van der Waals surface area contributed by atoms with Crippen molar-refractivity contribution >= 4 is 11.9 Å². The number of aliphatic carboxylic acids is 1. The average molecular weight is 270 g/mol. The van der Waals surface area contributed by atoms with Crippen molar-refractivity contribution in [3.8, 4) is 0 Å². The van der Waals surface area contributed by atoms with E-state index in [2.05, 4.69) is 10.2 Å². The van der Waals surface area contributed by atoms with Gasteiger partial charge >= 0.3 is 5.97 Å². The van der Waals surface area contributed by atoms with E-state index in [4.69, 9.17) is 5.11 Å². The number of carbonyl (C=O) groups is 2. The van der Waals surface area contributed by atoms with Crippen LogP contribution in [-0.4, -0.2) is 46.6 Å². The van der Waals surface area contributed by atoms with Crippen molar-refractivity contribution in [2.45, 2.75) is 70.5 Å². The molecule has 0 saturated heterocycles. The molecule has 1 unspecified atom stereocenters. The van der Waals surface area contributed by atoms with Gasteiger partial charge in [0.2, 0.25) is 5.91 Å². The highest BCUT2D eigenvalue weighted by atomic mass is 16.4. The molecule has 1 saturated carbocycles. The average Bonchev–Trinajstić information content (AvgIpc) is 2.38. The van der Waals surface area contributed by atoms with Gasteiger partial charge in [0, 0.05) is 6.04 Å². The zero-order valence-corrected chi connectivity index (χ0v) is 12.4. The number of hydrogen-bond acceptors (Lipinski definition) is 3. The Balaban J connectivity index is 2.66. The molecule has 1 aliphatic rings. The Kier molecular flexibility index (Phi) is 5.35. The first-order valence-electron chi connectivity index (χ1n) is 7.03. The van der Waals surface area contributed by atoms with Crippen molar-refractivity contribution in [3.63, 3.8) is 0 Å². The molecule has 0 aromatic rings. The first-order valence-corrected chi connectivity index (χ1v) is 7.03. The maximum atomic E-state index is 12.2. The van der Waals surface area contributed by atoms with Gasteiger partial charge in [0.15, 0.2) is 0 Å². The van der Waals surface area contributed by atoms with Gasteiger partial charge in [-0.2, -0.15) is 0 Å². The van der Waals surface area contributed by atoms with E-state index >= 15 is 0 Å². The summed E-state index contributed by atoms with van der Waals surface area (Å²) in [4.78, 5) is 25.1. The summed E-state index contributed by atoms with van der Waals surface area (Å²) >= 11 is 0. The smallest absolute Gasteiger partial charge is 0.325 e. The van der Waals surface area contributed by atoms with Crippen molar-refractivity contribution in [3.05, 3.63) is 0 Å². The zero-order chi connectivity index (χ0) is 14.6. The Morgan fingerprint density at radius 2 is 1.79 bits per heavy atom. The number of nitrogens with zero attached hydrogens (tertiary/aromatic N) is 1. The number of hydrogen-bond donors (Lipinski definition) is 2. The number of rotatable bonds is 5. The summed E-state index contributed by atoms with van der Waals surface area (Å²) in [6, 6.07) is -0.443. The Bertz CT molecular complexity index is 336. The maximum absolute atomic E-state index is 12.2. The Labute approximate surface area is 115 Å². The van der Waals surface area contributed by atoms with Crippen LogP contribution in [0.2, 0.25) is 0 Å². The largest absolute Gasteiger partial charge is 0.480 e. The van der Waals surface area contributed by atoms with E-state index in [9.17, 15) is 9.59 Å². The van der Waals surface area contributed by atoms with Gasteiger partial charge in [0.05, 0.1) is 5.54 Å². The first-order chi connectivity index (χ1) is 8.76. The molecule has 2 N–H and O–H groups in total. The van der Waals surface area contributed by atoms with Crippen LogP contribution in [0.4, 0.5) is 0 Å². The third-order valence-electron chi connectivity index (χ3n) is 4.28. The fourth-order valence-electron chi connectivity index (χ4n) is 2.52. The number of carboxylic acids is 1. The van der Waals surface area contributed by atoms with Crippen LogP contribution < -0.4 is 5.32 Å². The third-order valence-corrected chi connectivity index (χ3v) is 4.28. The molecule has 0 heterocycles. The maximum Gasteiger partial charge on any atom is 0.325 e. The fraction of sp³-hybridized carbons (Fsp3) is 0.857. The number of likely N-dealkylation sites (N-methyl/N-ethyl adjacent to an activating group) is 1. The zero-order valence-electron chi connectivity index (χ0n) is 12.4. The van der Waals surface area contributed by atoms with Crippen molar-refractivity contribution in [2.24, 2.45) is 0 Å². The molecule has 1 aliphatic carbocycles. The van der Waals surface area contributed by atoms with E-state index in [1.807, 2.05) is 20.9 Å². The molecule has 5 nitrogen and oxygen atoms in total. The minimum absolute atomic E-state index is 0.226. The monoisotopic (exact) mass is 270 g/mol. The van der Waals surface area contributed by atoms with E-state index < -0.39 is 17.6 Å².